The lowest BCUT2D eigenvalue weighted by Crippen LogP contribution is -2.33. The average Bonchev–Trinajstić information content (AvgIpc) is 3.01. The second-order valence-electron chi connectivity index (χ2n) is 4.59. The van der Waals surface area contributed by atoms with Gasteiger partial charge in [-0.15, -0.1) is 0 Å². The van der Waals surface area contributed by atoms with Crippen LogP contribution >= 0.6 is 11.6 Å². The van der Waals surface area contributed by atoms with Crippen molar-refractivity contribution in [1.82, 2.24) is 14.8 Å². The molecule has 1 unspecified atom stereocenters. The normalized spacial score (nSPS) is 26.7. The summed E-state index contributed by atoms with van der Waals surface area (Å²) < 4.78 is 13.6. The van der Waals surface area contributed by atoms with Gasteiger partial charge in [-0.1, -0.05) is 23.7 Å². The fourth-order valence-corrected chi connectivity index (χ4v) is 2.33. The molecule has 2 heterocycles. The first-order valence-electron chi connectivity index (χ1n) is 6.08. The Kier molecular flexibility index (Phi) is 3.26. The summed E-state index contributed by atoms with van der Waals surface area (Å²) in [4.78, 5) is 3.94. The first-order valence-corrected chi connectivity index (χ1v) is 6.46. The van der Waals surface area contributed by atoms with Crippen molar-refractivity contribution >= 4 is 11.6 Å². The zero-order valence-electron chi connectivity index (χ0n) is 10.5. The highest BCUT2D eigenvalue weighted by Gasteiger charge is 2.42. The lowest BCUT2D eigenvalue weighted by atomic mass is 10.1. The Morgan fingerprint density at radius 2 is 2.21 bits per heavy atom. The van der Waals surface area contributed by atoms with Gasteiger partial charge in [-0.2, -0.15) is 5.10 Å². The number of nitrogens with zero attached hydrogens (tertiary/aromatic N) is 3. The molecule has 1 fully saturated rings. The molecule has 5 nitrogen and oxygen atoms in total. The molecule has 0 bridgehead atoms. The standard InChI is InChI=1S/C13H14ClN3O2/c1-10-6-18-13(19-10,7-17-9-15-8-16-17)11-2-4-12(14)5-3-11/h2-5,8-10H,6-7H2,1H3/t10-,13?/m1/s1. The van der Waals surface area contributed by atoms with Gasteiger partial charge in [-0.3, -0.25) is 0 Å². The van der Waals surface area contributed by atoms with E-state index in [9.17, 15) is 0 Å². The topological polar surface area (TPSA) is 49.2 Å². The van der Waals surface area contributed by atoms with Crippen LogP contribution in [0.3, 0.4) is 0 Å². The molecule has 1 saturated heterocycles. The van der Waals surface area contributed by atoms with Gasteiger partial charge in [0.05, 0.1) is 12.7 Å². The zero-order valence-corrected chi connectivity index (χ0v) is 11.2. The summed E-state index contributed by atoms with van der Waals surface area (Å²) in [5, 5.41) is 4.80. The van der Waals surface area contributed by atoms with Gasteiger partial charge in [0, 0.05) is 10.6 Å². The first-order chi connectivity index (χ1) is 9.18. The summed E-state index contributed by atoms with van der Waals surface area (Å²) in [5.41, 5.74) is 0.928. The first kappa shape index (κ1) is 12.6. The number of rotatable bonds is 3. The van der Waals surface area contributed by atoms with Crippen LogP contribution in [-0.2, 0) is 21.8 Å². The molecule has 1 aromatic heterocycles. The zero-order chi connectivity index (χ0) is 13.3. The lowest BCUT2D eigenvalue weighted by molar-refractivity contribution is -0.186. The maximum atomic E-state index is 5.99. The molecular formula is C13H14ClN3O2. The second kappa shape index (κ2) is 4.92. The van der Waals surface area contributed by atoms with Crippen LogP contribution in [0.5, 0.6) is 0 Å². The average molecular weight is 280 g/mol. The molecule has 1 aliphatic rings. The third kappa shape index (κ3) is 2.49. The predicted octanol–water partition coefficient (Wildman–Crippen LogP) is 2.22. The molecular weight excluding hydrogens is 266 g/mol. The molecule has 0 aliphatic carbocycles. The monoisotopic (exact) mass is 279 g/mol. The summed E-state index contributed by atoms with van der Waals surface area (Å²) in [6, 6.07) is 7.49. The molecule has 0 saturated carbocycles. The van der Waals surface area contributed by atoms with E-state index in [-0.39, 0.29) is 6.10 Å². The van der Waals surface area contributed by atoms with Crippen LogP contribution < -0.4 is 0 Å². The van der Waals surface area contributed by atoms with Crippen LogP contribution in [-0.4, -0.2) is 27.5 Å². The number of hydrogen-bond acceptors (Lipinski definition) is 4. The van der Waals surface area contributed by atoms with E-state index in [1.54, 1.807) is 11.0 Å². The second-order valence-corrected chi connectivity index (χ2v) is 5.03. The number of ether oxygens (including phenoxy) is 2. The Morgan fingerprint density at radius 3 is 2.79 bits per heavy atom. The van der Waals surface area contributed by atoms with Crippen LogP contribution in [0.2, 0.25) is 5.02 Å². The summed E-state index contributed by atoms with van der Waals surface area (Å²) in [7, 11) is 0. The van der Waals surface area contributed by atoms with Crippen molar-refractivity contribution in [2.75, 3.05) is 6.61 Å². The van der Waals surface area contributed by atoms with Crippen molar-refractivity contribution in [3.63, 3.8) is 0 Å². The Hall–Kier alpha value is -1.43. The van der Waals surface area contributed by atoms with Gasteiger partial charge >= 0.3 is 0 Å². The Morgan fingerprint density at radius 1 is 1.42 bits per heavy atom. The summed E-state index contributed by atoms with van der Waals surface area (Å²) in [5.74, 6) is -0.822. The molecule has 19 heavy (non-hydrogen) atoms. The molecule has 2 atom stereocenters. The predicted molar refractivity (Wildman–Crippen MR) is 69.7 cm³/mol. The highest BCUT2D eigenvalue weighted by Crippen LogP contribution is 2.36. The van der Waals surface area contributed by atoms with E-state index in [0.717, 1.165) is 5.56 Å². The highest BCUT2D eigenvalue weighted by molar-refractivity contribution is 6.30. The molecule has 1 aliphatic heterocycles. The number of hydrogen-bond donors (Lipinski definition) is 0. The van der Waals surface area contributed by atoms with Gasteiger partial charge in [0.15, 0.2) is 0 Å². The van der Waals surface area contributed by atoms with Gasteiger partial charge in [0.2, 0.25) is 5.79 Å². The Balaban J connectivity index is 1.95. The van der Waals surface area contributed by atoms with Gasteiger partial charge in [-0.05, 0) is 19.1 Å². The van der Waals surface area contributed by atoms with Crippen molar-refractivity contribution in [3.8, 4) is 0 Å². The van der Waals surface area contributed by atoms with Crippen molar-refractivity contribution in [3.05, 3.63) is 47.5 Å². The molecule has 100 valence electrons. The van der Waals surface area contributed by atoms with E-state index in [1.165, 1.54) is 6.33 Å². The molecule has 0 spiro atoms. The fourth-order valence-electron chi connectivity index (χ4n) is 2.20. The van der Waals surface area contributed by atoms with E-state index in [0.29, 0.717) is 18.2 Å². The minimum absolute atomic E-state index is 0.0409. The molecule has 0 radical (unpaired) electrons. The quantitative estimate of drug-likeness (QED) is 0.864. The smallest absolute Gasteiger partial charge is 0.215 e. The fraction of sp³-hybridized carbons (Fsp3) is 0.385. The Bertz CT molecular complexity index is 544. The largest absolute Gasteiger partial charge is 0.342 e. The summed E-state index contributed by atoms with van der Waals surface area (Å²) in [6.45, 7) is 3.00. The SMILES string of the molecule is C[C@@H]1COC(Cn2cncn2)(c2ccc(Cl)cc2)O1. The van der Waals surface area contributed by atoms with Crippen LogP contribution in [0.1, 0.15) is 12.5 Å². The minimum atomic E-state index is -0.822. The van der Waals surface area contributed by atoms with E-state index >= 15 is 0 Å². The van der Waals surface area contributed by atoms with Crippen LogP contribution in [0.25, 0.3) is 0 Å². The molecule has 0 amide bonds. The third-order valence-electron chi connectivity index (χ3n) is 3.06. The van der Waals surface area contributed by atoms with Crippen LogP contribution in [0, 0.1) is 0 Å². The van der Waals surface area contributed by atoms with E-state index in [4.69, 9.17) is 21.1 Å². The van der Waals surface area contributed by atoms with Gasteiger partial charge < -0.3 is 9.47 Å². The molecule has 0 N–H and O–H groups in total. The lowest BCUT2D eigenvalue weighted by Gasteiger charge is -2.28. The van der Waals surface area contributed by atoms with Crippen molar-refractivity contribution in [1.29, 1.82) is 0 Å². The number of aromatic nitrogens is 3. The molecule has 3 rings (SSSR count). The summed E-state index contributed by atoms with van der Waals surface area (Å²) in [6.07, 6.45) is 3.18. The van der Waals surface area contributed by atoms with E-state index < -0.39 is 5.79 Å². The van der Waals surface area contributed by atoms with Crippen molar-refractivity contribution < 1.29 is 9.47 Å². The van der Waals surface area contributed by atoms with Crippen LogP contribution in [0.15, 0.2) is 36.9 Å². The maximum Gasteiger partial charge on any atom is 0.215 e. The molecule has 2 aromatic rings. The van der Waals surface area contributed by atoms with Gasteiger partial charge in [0.1, 0.15) is 19.2 Å². The maximum absolute atomic E-state index is 5.99. The third-order valence-corrected chi connectivity index (χ3v) is 3.32. The summed E-state index contributed by atoms with van der Waals surface area (Å²) >= 11 is 5.93. The van der Waals surface area contributed by atoms with E-state index in [1.807, 2.05) is 31.2 Å². The molecule has 1 aromatic carbocycles. The van der Waals surface area contributed by atoms with E-state index in [2.05, 4.69) is 10.1 Å². The van der Waals surface area contributed by atoms with Gasteiger partial charge in [0.25, 0.3) is 0 Å². The van der Waals surface area contributed by atoms with Crippen molar-refractivity contribution in [2.45, 2.75) is 25.4 Å². The molecule has 6 heteroatoms. The minimum Gasteiger partial charge on any atom is -0.342 e. The van der Waals surface area contributed by atoms with Crippen LogP contribution in [0.4, 0.5) is 0 Å². The number of halogens is 1. The Labute approximate surface area is 116 Å². The van der Waals surface area contributed by atoms with Crippen molar-refractivity contribution in [2.24, 2.45) is 0 Å². The van der Waals surface area contributed by atoms with Gasteiger partial charge in [-0.25, -0.2) is 9.67 Å². The number of benzene rings is 1. The highest BCUT2D eigenvalue weighted by atomic mass is 35.5.